The Hall–Kier alpha value is -2.65. The smallest absolute Gasteiger partial charge is 0.322 e. The summed E-state index contributed by atoms with van der Waals surface area (Å²) in [4.78, 5) is 28.8. The Morgan fingerprint density at radius 1 is 1.43 bits per heavy atom. The number of methoxy groups -OCH3 is 1. The summed E-state index contributed by atoms with van der Waals surface area (Å²) >= 11 is 5.81. The molecule has 1 aromatic heterocycles. The van der Waals surface area contributed by atoms with Gasteiger partial charge in [0.1, 0.15) is 5.82 Å². The monoisotopic (exact) mass is 437 g/mol. The number of ether oxygens (including phenoxy) is 1. The zero-order valence-electron chi connectivity index (χ0n) is 16.8. The topological polar surface area (TPSA) is 79.7 Å². The molecule has 0 radical (unpaired) electrons. The van der Waals surface area contributed by atoms with Crippen molar-refractivity contribution in [3.05, 3.63) is 40.9 Å². The van der Waals surface area contributed by atoms with Crippen LogP contribution in [0.3, 0.4) is 0 Å². The van der Waals surface area contributed by atoms with Crippen molar-refractivity contribution in [3.8, 4) is 0 Å². The van der Waals surface area contributed by atoms with Crippen LogP contribution < -0.4 is 10.2 Å². The highest BCUT2D eigenvalue weighted by Gasteiger charge is 2.36. The van der Waals surface area contributed by atoms with Gasteiger partial charge in [-0.05, 0) is 25.1 Å². The lowest BCUT2D eigenvalue weighted by atomic mass is 10.1. The average Bonchev–Trinajstić information content (AvgIpc) is 3.26. The lowest BCUT2D eigenvalue weighted by Crippen LogP contribution is -2.47. The number of rotatable bonds is 4. The fourth-order valence-electron chi connectivity index (χ4n) is 4.02. The van der Waals surface area contributed by atoms with Gasteiger partial charge in [0.15, 0.2) is 0 Å². The van der Waals surface area contributed by atoms with E-state index in [-0.39, 0.29) is 30.3 Å². The Balaban J connectivity index is 0.00000272. The first-order chi connectivity index (χ1) is 14.4. The summed E-state index contributed by atoms with van der Waals surface area (Å²) in [5, 5.41) is 7.14. The van der Waals surface area contributed by atoms with Gasteiger partial charge in [0.05, 0.1) is 48.3 Å². The van der Waals surface area contributed by atoms with Crippen LogP contribution >= 0.6 is 11.6 Å². The Kier molecular flexibility index (Phi) is 5.66. The van der Waals surface area contributed by atoms with E-state index in [2.05, 4.69) is 10.4 Å². The molecule has 2 atom stereocenters. The summed E-state index contributed by atoms with van der Waals surface area (Å²) in [6.45, 7) is 3.84. The van der Waals surface area contributed by atoms with Crippen LogP contribution in [-0.4, -0.2) is 52.9 Å². The van der Waals surface area contributed by atoms with Crippen LogP contribution in [0.5, 0.6) is 0 Å². The van der Waals surface area contributed by atoms with Crippen molar-refractivity contribution in [2.24, 2.45) is 5.92 Å². The van der Waals surface area contributed by atoms with Crippen molar-refractivity contribution in [3.63, 3.8) is 0 Å². The Morgan fingerprint density at radius 2 is 2.23 bits per heavy atom. The summed E-state index contributed by atoms with van der Waals surface area (Å²) in [6, 6.07) is 3.60. The third kappa shape index (κ3) is 3.87. The summed E-state index contributed by atoms with van der Waals surface area (Å²) in [5.41, 5.74) is 1.95. The highest BCUT2D eigenvalue weighted by Crippen LogP contribution is 2.32. The molecule has 0 aliphatic carbocycles. The SMILES string of the molecule is COCC1CC(=O)N(c2cnn3c2CN(C(=O)Nc2ccc(F)c(Cl)c2)[C@@H](C)C3)C1.[HH]. The van der Waals surface area contributed by atoms with Gasteiger partial charge in [-0.15, -0.1) is 0 Å². The van der Waals surface area contributed by atoms with E-state index in [1.165, 1.54) is 18.2 Å². The van der Waals surface area contributed by atoms with Gasteiger partial charge in [-0.2, -0.15) is 5.10 Å². The molecule has 1 saturated heterocycles. The van der Waals surface area contributed by atoms with Gasteiger partial charge < -0.3 is 19.9 Å². The number of carbonyl (C=O) groups is 2. The van der Waals surface area contributed by atoms with E-state index in [1.807, 2.05) is 11.6 Å². The average molecular weight is 438 g/mol. The molecule has 1 aromatic carbocycles. The Bertz CT molecular complexity index is 988. The van der Waals surface area contributed by atoms with E-state index in [1.54, 1.807) is 23.1 Å². The number of aromatic nitrogens is 2. The summed E-state index contributed by atoms with van der Waals surface area (Å²) in [5.74, 6) is -0.372. The minimum Gasteiger partial charge on any atom is -0.384 e. The molecule has 0 spiro atoms. The third-order valence-corrected chi connectivity index (χ3v) is 5.84. The number of benzene rings is 1. The molecule has 0 bridgehead atoms. The van der Waals surface area contributed by atoms with Crippen LogP contribution in [0.1, 0.15) is 20.5 Å². The minimum absolute atomic E-state index is 0. The number of nitrogens with zero attached hydrogens (tertiary/aromatic N) is 4. The van der Waals surface area contributed by atoms with Crippen LogP contribution in [0.25, 0.3) is 0 Å². The highest BCUT2D eigenvalue weighted by atomic mass is 35.5. The van der Waals surface area contributed by atoms with E-state index in [0.29, 0.717) is 38.3 Å². The molecule has 162 valence electrons. The van der Waals surface area contributed by atoms with Gasteiger partial charge in [0.2, 0.25) is 5.91 Å². The third-order valence-electron chi connectivity index (χ3n) is 5.55. The molecular formula is C20H25ClFN5O3. The van der Waals surface area contributed by atoms with Crippen molar-refractivity contribution in [1.82, 2.24) is 14.7 Å². The number of nitrogens with one attached hydrogen (secondary N) is 1. The maximum absolute atomic E-state index is 13.4. The van der Waals surface area contributed by atoms with Crippen molar-refractivity contribution in [2.75, 3.05) is 30.5 Å². The van der Waals surface area contributed by atoms with Gasteiger partial charge in [0, 0.05) is 33.1 Å². The summed E-state index contributed by atoms with van der Waals surface area (Å²) in [6.07, 6.45) is 2.13. The standard InChI is InChI=1S/C20H23ClFN5O3.H2/c1-12-8-27-18(17(7-23-27)26-9-13(11-30-2)5-19(26)28)10-25(12)20(29)24-14-3-4-16(22)15(21)6-14;/h3-4,6-7,12-13H,5,8-11H2,1-2H3,(H,24,29);1H/t12-,13?;/m0./s1. The zero-order valence-corrected chi connectivity index (χ0v) is 17.5. The molecule has 30 heavy (non-hydrogen) atoms. The first kappa shape index (κ1) is 20.6. The highest BCUT2D eigenvalue weighted by molar-refractivity contribution is 6.31. The van der Waals surface area contributed by atoms with Crippen LogP contribution in [0.4, 0.5) is 20.6 Å². The second-order valence-electron chi connectivity index (χ2n) is 7.72. The molecule has 3 amide bonds. The van der Waals surface area contributed by atoms with Crippen LogP contribution in [0, 0.1) is 11.7 Å². The van der Waals surface area contributed by atoms with Gasteiger partial charge in [-0.25, -0.2) is 9.18 Å². The van der Waals surface area contributed by atoms with Crippen molar-refractivity contribution >= 4 is 34.9 Å². The molecule has 2 aliphatic heterocycles. The minimum atomic E-state index is -0.545. The first-order valence-corrected chi connectivity index (χ1v) is 10.1. The molecular weight excluding hydrogens is 413 g/mol. The first-order valence-electron chi connectivity index (χ1n) is 9.74. The summed E-state index contributed by atoms with van der Waals surface area (Å²) < 4.78 is 20.4. The van der Waals surface area contributed by atoms with E-state index in [4.69, 9.17) is 16.3 Å². The number of fused-ring (bicyclic) bond motifs is 1. The van der Waals surface area contributed by atoms with Gasteiger partial charge in [0.25, 0.3) is 0 Å². The normalized spacial score (nSPS) is 21.1. The van der Waals surface area contributed by atoms with Crippen LogP contribution in [0.2, 0.25) is 5.02 Å². The molecule has 1 unspecified atom stereocenters. The predicted octanol–water partition coefficient (Wildman–Crippen LogP) is 3.36. The van der Waals surface area contributed by atoms with Crippen molar-refractivity contribution in [1.29, 1.82) is 0 Å². The Morgan fingerprint density at radius 3 is 2.97 bits per heavy atom. The van der Waals surface area contributed by atoms with Gasteiger partial charge in [-0.1, -0.05) is 11.6 Å². The molecule has 8 nitrogen and oxygen atoms in total. The van der Waals surface area contributed by atoms with E-state index < -0.39 is 5.82 Å². The van der Waals surface area contributed by atoms with E-state index in [0.717, 1.165) is 11.4 Å². The number of hydrogen-bond donors (Lipinski definition) is 1. The molecule has 4 rings (SSSR count). The lowest BCUT2D eigenvalue weighted by Gasteiger charge is -2.35. The van der Waals surface area contributed by atoms with Gasteiger partial charge in [-0.3, -0.25) is 9.48 Å². The number of carbonyl (C=O) groups excluding carboxylic acids is 2. The van der Waals surface area contributed by atoms with E-state index in [9.17, 15) is 14.0 Å². The lowest BCUT2D eigenvalue weighted by molar-refractivity contribution is -0.117. The number of anilines is 2. The fourth-order valence-corrected chi connectivity index (χ4v) is 4.20. The number of hydrogen-bond acceptors (Lipinski definition) is 4. The molecule has 2 aliphatic rings. The molecule has 2 aromatic rings. The molecule has 1 N–H and O–H groups in total. The molecule has 3 heterocycles. The van der Waals surface area contributed by atoms with Crippen LogP contribution in [0.15, 0.2) is 24.4 Å². The number of halogens is 2. The maximum atomic E-state index is 13.4. The van der Waals surface area contributed by atoms with Crippen molar-refractivity contribution in [2.45, 2.75) is 32.5 Å². The van der Waals surface area contributed by atoms with E-state index >= 15 is 0 Å². The Labute approximate surface area is 180 Å². The fraction of sp³-hybridized carbons (Fsp3) is 0.450. The second-order valence-corrected chi connectivity index (χ2v) is 8.13. The second kappa shape index (κ2) is 8.23. The number of urea groups is 1. The van der Waals surface area contributed by atoms with Crippen molar-refractivity contribution < 1.29 is 20.1 Å². The number of amides is 3. The summed E-state index contributed by atoms with van der Waals surface area (Å²) in [7, 11) is 1.63. The maximum Gasteiger partial charge on any atom is 0.322 e. The van der Waals surface area contributed by atoms with Gasteiger partial charge >= 0.3 is 6.03 Å². The largest absolute Gasteiger partial charge is 0.384 e. The predicted molar refractivity (Wildman–Crippen MR) is 112 cm³/mol. The van der Waals surface area contributed by atoms with Crippen LogP contribution in [-0.2, 0) is 22.6 Å². The quantitative estimate of drug-likeness (QED) is 0.795. The molecule has 1 fully saturated rings. The molecule has 10 heteroatoms. The molecule has 0 saturated carbocycles. The zero-order chi connectivity index (χ0) is 21.4.